The van der Waals surface area contributed by atoms with E-state index < -0.39 is 0 Å². The maximum absolute atomic E-state index is 11.1. The first kappa shape index (κ1) is 15.4. The lowest BCUT2D eigenvalue weighted by atomic mass is 10.1. The number of H-pyrrole nitrogens is 1. The van der Waals surface area contributed by atoms with E-state index in [1.54, 1.807) is 6.07 Å². The molecule has 0 aliphatic carbocycles. The van der Waals surface area contributed by atoms with Gasteiger partial charge in [-0.05, 0) is 30.7 Å². The summed E-state index contributed by atoms with van der Waals surface area (Å²) in [5, 5.41) is 6.51. The quantitative estimate of drug-likeness (QED) is 0.593. The normalized spacial score (nSPS) is 10.7. The second-order valence-corrected chi connectivity index (χ2v) is 5.96. The SMILES string of the molecule is Cc1ccc(C(=S)c2ccc(Cc3ccc(=O)[nH]n3)n2C)cc1. The fourth-order valence-electron chi connectivity index (χ4n) is 2.47. The van der Waals surface area contributed by atoms with Crippen molar-refractivity contribution in [2.45, 2.75) is 13.3 Å². The van der Waals surface area contributed by atoms with Crippen LogP contribution in [0.5, 0.6) is 0 Å². The van der Waals surface area contributed by atoms with E-state index in [0.717, 1.165) is 27.5 Å². The average Bonchev–Trinajstić information content (AvgIpc) is 2.90. The highest BCUT2D eigenvalue weighted by Crippen LogP contribution is 2.16. The zero-order valence-corrected chi connectivity index (χ0v) is 13.9. The van der Waals surface area contributed by atoms with E-state index >= 15 is 0 Å². The van der Waals surface area contributed by atoms with Crippen molar-refractivity contribution in [3.63, 3.8) is 0 Å². The number of thiocarbonyl (C=S) groups is 1. The predicted molar refractivity (Wildman–Crippen MR) is 95.1 cm³/mol. The molecule has 4 nitrogen and oxygen atoms in total. The number of nitrogens with one attached hydrogen (secondary N) is 1. The number of aromatic nitrogens is 3. The molecule has 2 aromatic heterocycles. The molecule has 3 aromatic rings. The minimum Gasteiger partial charge on any atom is -0.347 e. The van der Waals surface area contributed by atoms with Gasteiger partial charge in [0.25, 0.3) is 5.56 Å². The first-order valence-corrected chi connectivity index (χ1v) is 7.76. The Morgan fingerprint density at radius 1 is 1.13 bits per heavy atom. The molecule has 0 radical (unpaired) electrons. The number of rotatable bonds is 4. The van der Waals surface area contributed by atoms with E-state index in [2.05, 4.69) is 33.8 Å². The fourth-order valence-corrected chi connectivity index (χ4v) is 2.81. The molecule has 0 fully saturated rings. The smallest absolute Gasteiger partial charge is 0.264 e. The minimum absolute atomic E-state index is 0.193. The Morgan fingerprint density at radius 2 is 1.87 bits per heavy atom. The van der Waals surface area contributed by atoms with Crippen LogP contribution in [0.1, 0.15) is 28.2 Å². The van der Waals surface area contributed by atoms with Crippen molar-refractivity contribution in [1.82, 2.24) is 14.8 Å². The third kappa shape index (κ3) is 3.29. The van der Waals surface area contributed by atoms with Crippen LogP contribution >= 0.6 is 12.2 Å². The van der Waals surface area contributed by atoms with E-state index in [-0.39, 0.29) is 5.56 Å². The largest absolute Gasteiger partial charge is 0.347 e. The van der Waals surface area contributed by atoms with Gasteiger partial charge in [0, 0.05) is 25.2 Å². The Hall–Kier alpha value is -2.53. The summed E-state index contributed by atoms with van der Waals surface area (Å²) in [6.07, 6.45) is 0.643. The Labute approximate surface area is 139 Å². The lowest BCUT2D eigenvalue weighted by molar-refractivity contribution is 0.816. The van der Waals surface area contributed by atoms with E-state index in [9.17, 15) is 4.79 Å². The Morgan fingerprint density at radius 3 is 2.52 bits per heavy atom. The first-order chi connectivity index (χ1) is 11.0. The predicted octanol–water partition coefficient (Wildman–Crippen LogP) is 2.77. The van der Waals surface area contributed by atoms with Crippen molar-refractivity contribution in [2.75, 3.05) is 0 Å². The third-order valence-electron chi connectivity index (χ3n) is 3.87. The summed E-state index contributed by atoms with van der Waals surface area (Å²) >= 11 is 5.63. The summed E-state index contributed by atoms with van der Waals surface area (Å²) < 4.78 is 2.08. The summed E-state index contributed by atoms with van der Waals surface area (Å²) in [6, 6.07) is 15.5. The molecule has 0 atom stereocenters. The van der Waals surface area contributed by atoms with Crippen molar-refractivity contribution in [3.05, 3.63) is 87.1 Å². The van der Waals surface area contributed by atoms with Crippen molar-refractivity contribution >= 4 is 17.1 Å². The molecule has 0 bridgehead atoms. The number of hydrogen-bond acceptors (Lipinski definition) is 3. The first-order valence-electron chi connectivity index (χ1n) is 7.35. The number of benzene rings is 1. The summed E-state index contributed by atoms with van der Waals surface area (Å²) in [5.74, 6) is 0. The number of aryl methyl sites for hydroxylation is 1. The molecule has 5 heteroatoms. The van der Waals surface area contributed by atoms with E-state index in [4.69, 9.17) is 12.2 Å². The van der Waals surface area contributed by atoms with Crippen LogP contribution in [0.2, 0.25) is 0 Å². The maximum Gasteiger partial charge on any atom is 0.264 e. The van der Waals surface area contributed by atoms with Gasteiger partial charge in [-0.15, -0.1) is 0 Å². The Kier molecular flexibility index (Phi) is 4.21. The van der Waals surface area contributed by atoms with Crippen molar-refractivity contribution in [3.8, 4) is 0 Å². The minimum atomic E-state index is -0.193. The van der Waals surface area contributed by atoms with Gasteiger partial charge in [0.2, 0.25) is 0 Å². The van der Waals surface area contributed by atoms with Gasteiger partial charge >= 0.3 is 0 Å². The average molecular weight is 323 g/mol. The molecule has 116 valence electrons. The van der Waals surface area contributed by atoms with E-state index in [1.807, 2.05) is 31.3 Å². The second-order valence-electron chi connectivity index (χ2n) is 5.55. The van der Waals surface area contributed by atoms with Crippen LogP contribution in [0, 0.1) is 6.92 Å². The van der Waals surface area contributed by atoms with Gasteiger partial charge in [0.15, 0.2) is 0 Å². The maximum atomic E-state index is 11.1. The summed E-state index contributed by atoms with van der Waals surface area (Å²) in [4.78, 5) is 11.9. The van der Waals surface area contributed by atoms with Crippen LogP contribution in [0.25, 0.3) is 0 Å². The second kappa shape index (κ2) is 6.30. The molecule has 0 spiro atoms. The molecule has 23 heavy (non-hydrogen) atoms. The van der Waals surface area contributed by atoms with Gasteiger partial charge in [-0.1, -0.05) is 42.0 Å². The van der Waals surface area contributed by atoms with Crippen LogP contribution < -0.4 is 5.56 Å². The van der Waals surface area contributed by atoms with Crippen LogP contribution in [-0.2, 0) is 13.5 Å². The third-order valence-corrected chi connectivity index (χ3v) is 4.32. The zero-order valence-electron chi connectivity index (χ0n) is 13.0. The topological polar surface area (TPSA) is 50.7 Å². The number of aromatic amines is 1. The molecule has 0 saturated heterocycles. The van der Waals surface area contributed by atoms with Crippen molar-refractivity contribution in [2.24, 2.45) is 7.05 Å². The zero-order chi connectivity index (χ0) is 16.4. The molecule has 0 unspecified atom stereocenters. The molecule has 1 aromatic carbocycles. The molecule has 0 amide bonds. The fraction of sp³-hybridized carbons (Fsp3) is 0.167. The van der Waals surface area contributed by atoms with Gasteiger partial charge in [-0.3, -0.25) is 4.79 Å². The van der Waals surface area contributed by atoms with E-state index in [1.165, 1.54) is 11.6 Å². The number of nitrogens with zero attached hydrogens (tertiary/aromatic N) is 2. The molecule has 3 rings (SSSR count). The van der Waals surface area contributed by atoms with Gasteiger partial charge < -0.3 is 4.57 Å². The van der Waals surface area contributed by atoms with Crippen LogP contribution in [0.15, 0.2) is 53.3 Å². The lowest BCUT2D eigenvalue weighted by Crippen LogP contribution is -2.11. The molecule has 2 heterocycles. The van der Waals surface area contributed by atoms with Crippen LogP contribution in [-0.4, -0.2) is 19.6 Å². The summed E-state index contributed by atoms with van der Waals surface area (Å²) in [7, 11) is 2.00. The lowest BCUT2D eigenvalue weighted by Gasteiger charge is -2.09. The van der Waals surface area contributed by atoms with Crippen LogP contribution in [0.3, 0.4) is 0 Å². The Balaban J connectivity index is 1.86. The molecule has 0 aliphatic rings. The summed E-state index contributed by atoms with van der Waals surface area (Å²) in [5.41, 5.74) is 4.98. The molecule has 0 aliphatic heterocycles. The van der Waals surface area contributed by atoms with Gasteiger partial charge in [-0.2, -0.15) is 5.10 Å². The highest BCUT2D eigenvalue weighted by molar-refractivity contribution is 7.81. The van der Waals surface area contributed by atoms with Gasteiger partial charge in [-0.25, -0.2) is 5.10 Å². The van der Waals surface area contributed by atoms with E-state index in [0.29, 0.717) is 6.42 Å². The molecule has 0 saturated carbocycles. The highest BCUT2D eigenvalue weighted by atomic mass is 32.1. The standard InChI is InChI=1S/C18H17N3OS/c1-12-3-5-13(6-4-12)18(23)16-9-8-15(21(16)2)11-14-7-10-17(22)20-19-14/h3-10H,11H2,1-2H3,(H,20,22). The highest BCUT2D eigenvalue weighted by Gasteiger charge is 2.12. The Bertz CT molecular complexity index is 886. The molecular formula is C18H17N3OS. The monoisotopic (exact) mass is 323 g/mol. The van der Waals surface area contributed by atoms with Gasteiger partial charge in [0.1, 0.15) is 0 Å². The number of hydrogen-bond donors (Lipinski definition) is 1. The van der Waals surface area contributed by atoms with Gasteiger partial charge in [0.05, 0.1) is 16.3 Å². The molecular weight excluding hydrogens is 306 g/mol. The van der Waals surface area contributed by atoms with Crippen LogP contribution in [0.4, 0.5) is 0 Å². The van der Waals surface area contributed by atoms with Crippen molar-refractivity contribution in [1.29, 1.82) is 0 Å². The van der Waals surface area contributed by atoms with Crippen molar-refractivity contribution < 1.29 is 0 Å². The molecule has 1 N–H and O–H groups in total. The summed E-state index contributed by atoms with van der Waals surface area (Å²) in [6.45, 7) is 2.06.